The first-order chi connectivity index (χ1) is 12.5. The summed E-state index contributed by atoms with van der Waals surface area (Å²) in [7, 11) is 0. The molecule has 5 N–H and O–H groups in total. The summed E-state index contributed by atoms with van der Waals surface area (Å²) in [5.74, 6) is -0.275. The summed E-state index contributed by atoms with van der Waals surface area (Å²) >= 11 is 0. The third kappa shape index (κ3) is 4.40. The quantitative estimate of drug-likeness (QED) is 0.678. The van der Waals surface area contributed by atoms with Crippen molar-refractivity contribution in [2.24, 2.45) is 5.73 Å². The largest absolute Gasteiger partial charge is 0.325 e. The monoisotopic (exact) mass is 352 g/mol. The fourth-order valence-electron chi connectivity index (χ4n) is 3.11. The number of nitrogens with one attached hydrogen (secondary N) is 3. The van der Waals surface area contributed by atoms with Crippen LogP contribution < -0.4 is 21.7 Å². The maximum absolute atomic E-state index is 12.4. The highest BCUT2D eigenvalue weighted by Crippen LogP contribution is 2.28. The number of carbonyl (C=O) groups is 2. The summed E-state index contributed by atoms with van der Waals surface area (Å²) in [6.45, 7) is 1.62. The number of aryl methyl sites for hydroxylation is 1. The number of fused-ring (bicyclic) bond motifs is 1. The molecule has 0 spiro atoms. The van der Waals surface area contributed by atoms with Crippen molar-refractivity contribution in [1.82, 2.24) is 0 Å². The second kappa shape index (κ2) is 8.01. The van der Waals surface area contributed by atoms with Gasteiger partial charge >= 0.3 is 6.03 Å². The van der Waals surface area contributed by atoms with Crippen LogP contribution in [0.4, 0.5) is 21.9 Å². The maximum Gasteiger partial charge on any atom is 0.323 e. The van der Waals surface area contributed by atoms with Crippen LogP contribution >= 0.6 is 0 Å². The number of anilines is 3. The summed E-state index contributed by atoms with van der Waals surface area (Å²) < 4.78 is 0. The molecule has 136 valence electrons. The average molecular weight is 352 g/mol. The van der Waals surface area contributed by atoms with Gasteiger partial charge < -0.3 is 21.7 Å². The van der Waals surface area contributed by atoms with Gasteiger partial charge in [0.25, 0.3) is 0 Å². The van der Waals surface area contributed by atoms with Crippen LogP contribution in [0.5, 0.6) is 0 Å². The van der Waals surface area contributed by atoms with E-state index >= 15 is 0 Å². The topological polar surface area (TPSA) is 96.2 Å². The minimum absolute atomic E-state index is 0.275. The van der Waals surface area contributed by atoms with E-state index in [1.165, 1.54) is 17.5 Å². The van der Waals surface area contributed by atoms with Gasteiger partial charge in [-0.1, -0.05) is 18.2 Å². The number of urea groups is 1. The smallest absolute Gasteiger partial charge is 0.323 e. The van der Waals surface area contributed by atoms with E-state index in [-0.39, 0.29) is 11.9 Å². The van der Waals surface area contributed by atoms with Gasteiger partial charge in [-0.2, -0.15) is 0 Å². The molecule has 6 nitrogen and oxygen atoms in total. The first-order valence-corrected chi connectivity index (χ1v) is 8.88. The van der Waals surface area contributed by atoms with E-state index in [4.69, 9.17) is 5.73 Å². The van der Waals surface area contributed by atoms with Gasteiger partial charge in [0.2, 0.25) is 5.91 Å². The summed E-state index contributed by atoms with van der Waals surface area (Å²) in [5.41, 5.74) is 10.1. The molecule has 1 aliphatic rings. The molecular formula is C20H24N4O2. The Kier molecular flexibility index (Phi) is 5.53. The molecule has 2 aromatic rings. The van der Waals surface area contributed by atoms with E-state index in [1.54, 1.807) is 31.2 Å². The minimum atomic E-state index is -0.598. The van der Waals surface area contributed by atoms with Gasteiger partial charge in [-0.3, -0.25) is 4.79 Å². The van der Waals surface area contributed by atoms with Crippen LogP contribution in [0.1, 0.15) is 30.9 Å². The van der Waals surface area contributed by atoms with Gasteiger partial charge in [-0.15, -0.1) is 0 Å². The lowest BCUT2D eigenvalue weighted by Crippen LogP contribution is -2.32. The van der Waals surface area contributed by atoms with Crippen molar-refractivity contribution < 1.29 is 9.59 Å². The third-order valence-corrected chi connectivity index (χ3v) is 4.45. The first kappa shape index (κ1) is 17.9. The summed E-state index contributed by atoms with van der Waals surface area (Å²) in [6.07, 6.45) is 4.40. The van der Waals surface area contributed by atoms with Gasteiger partial charge in [0.05, 0.1) is 6.04 Å². The third-order valence-electron chi connectivity index (χ3n) is 4.45. The SMILES string of the molecule is C[C@H](N)C(=O)Nc1cccc(NC(=O)Nc2cccc3c2CCCC3)c1. The Balaban J connectivity index is 1.66. The Morgan fingerprint density at radius 2 is 1.65 bits per heavy atom. The molecule has 0 aliphatic heterocycles. The number of benzene rings is 2. The van der Waals surface area contributed by atoms with Gasteiger partial charge in [-0.25, -0.2) is 4.79 Å². The van der Waals surface area contributed by atoms with E-state index in [0.717, 1.165) is 24.9 Å². The zero-order valence-electron chi connectivity index (χ0n) is 14.8. The lowest BCUT2D eigenvalue weighted by atomic mass is 9.90. The molecule has 0 radical (unpaired) electrons. The standard InChI is InChI=1S/C20H24N4O2/c1-13(21)19(25)22-15-8-5-9-16(12-15)23-20(26)24-18-11-4-7-14-6-2-3-10-17(14)18/h4-5,7-9,11-13H,2-3,6,10,21H2,1H3,(H,22,25)(H2,23,24,26)/t13-/m0/s1. The van der Waals surface area contributed by atoms with Crippen LogP contribution in [0, 0.1) is 0 Å². The molecule has 0 bridgehead atoms. The number of nitrogens with two attached hydrogens (primary N) is 1. The molecule has 3 amide bonds. The fourth-order valence-corrected chi connectivity index (χ4v) is 3.11. The maximum atomic E-state index is 12.4. The van der Waals surface area contributed by atoms with Crippen LogP contribution in [0.25, 0.3) is 0 Å². The molecule has 6 heteroatoms. The van der Waals surface area contributed by atoms with E-state index < -0.39 is 6.04 Å². The predicted octanol–water partition coefficient (Wildman–Crippen LogP) is 3.50. The Morgan fingerprint density at radius 3 is 2.42 bits per heavy atom. The molecule has 0 heterocycles. The number of rotatable bonds is 4. The molecule has 0 unspecified atom stereocenters. The highest BCUT2D eigenvalue weighted by atomic mass is 16.2. The summed E-state index contributed by atoms with van der Waals surface area (Å²) in [4.78, 5) is 24.1. The van der Waals surface area contributed by atoms with Crippen molar-refractivity contribution in [1.29, 1.82) is 0 Å². The zero-order chi connectivity index (χ0) is 18.5. The average Bonchev–Trinajstić information content (AvgIpc) is 2.62. The second-order valence-electron chi connectivity index (χ2n) is 6.59. The van der Waals surface area contributed by atoms with Gasteiger partial charge in [-0.05, 0) is 68.0 Å². The lowest BCUT2D eigenvalue weighted by Gasteiger charge is -2.19. The molecule has 0 saturated heterocycles. The van der Waals surface area contributed by atoms with Crippen molar-refractivity contribution in [3.05, 3.63) is 53.6 Å². The zero-order valence-corrected chi connectivity index (χ0v) is 14.8. The Hall–Kier alpha value is -2.86. The van der Waals surface area contributed by atoms with E-state index in [2.05, 4.69) is 22.0 Å². The Morgan fingerprint density at radius 1 is 0.962 bits per heavy atom. The van der Waals surface area contributed by atoms with E-state index in [1.807, 2.05) is 12.1 Å². The fraction of sp³-hybridized carbons (Fsp3) is 0.300. The lowest BCUT2D eigenvalue weighted by molar-refractivity contribution is -0.117. The molecule has 1 atom stereocenters. The van der Waals surface area contributed by atoms with Crippen LogP contribution in [0.15, 0.2) is 42.5 Å². The molecule has 2 aromatic carbocycles. The minimum Gasteiger partial charge on any atom is -0.325 e. The molecule has 26 heavy (non-hydrogen) atoms. The van der Waals surface area contributed by atoms with Crippen molar-refractivity contribution in [2.75, 3.05) is 16.0 Å². The van der Waals surface area contributed by atoms with Crippen molar-refractivity contribution in [2.45, 2.75) is 38.6 Å². The molecule has 0 fully saturated rings. The normalized spacial score (nSPS) is 14.1. The summed E-state index contributed by atoms with van der Waals surface area (Å²) in [5, 5.41) is 8.46. The number of hydrogen-bond donors (Lipinski definition) is 4. The molecular weight excluding hydrogens is 328 g/mol. The molecule has 3 rings (SSSR count). The number of carbonyl (C=O) groups excluding carboxylic acids is 2. The van der Waals surface area contributed by atoms with E-state index in [9.17, 15) is 9.59 Å². The van der Waals surface area contributed by atoms with Gasteiger partial charge in [0, 0.05) is 17.1 Å². The second-order valence-corrected chi connectivity index (χ2v) is 6.59. The van der Waals surface area contributed by atoms with Crippen LogP contribution in [0.3, 0.4) is 0 Å². The molecule has 0 saturated carbocycles. The highest BCUT2D eigenvalue weighted by molar-refractivity contribution is 6.01. The van der Waals surface area contributed by atoms with E-state index in [0.29, 0.717) is 11.4 Å². The Bertz CT molecular complexity index is 817. The van der Waals surface area contributed by atoms with Gasteiger partial charge in [0.1, 0.15) is 0 Å². The number of hydrogen-bond acceptors (Lipinski definition) is 3. The molecule has 1 aliphatic carbocycles. The number of amides is 3. The van der Waals surface area contributed by atoms with Gasteiger partial charge in [0.15, 0.2) is 0 Å². The van der Waals surface area contributed by atoms with Crippen LogP contribution in [-0.2, 0) is 17.6 Å². The van der Waals surface area contributed by atoms with Crippen molar-refractivity contribution >= 4 is 29.0 Å². The molecule has 0 aromatic heterocycles. The van der Waals surface area contributed by atoms with Crippen molar-refractivity contribution in [3.63, 3.8) is 0 Å². The van der Waals surface area contributed by atoms with Crippen LogP contribution in [0.2, 0.25) is 0 Å². The van der Waals surface area contributed by atoms with Crippen molar-refractivity contribution in [3.8, 4) is 0 Å². The highest BCUT2D eigenvalue weighted by Gasteiger charge is 2.14. The first-order valence-electron chi connectivity index (χ1n) is 8.88. The predicted molar refractivity (Wildman–Crippen MR) is 104 cm³/mol. The summed E-state index contributed by atoms with van der Waals surface area (Å²) in [6, 6.07) is 12.1. The van der Waals surface area contributed by atoms with Crippen LogP contribution in [-0.4, -0.2) is 18.0 Å². The Labute approximate surface area is 153 Å².